The lowest BCUT2D eigenvalue weighted by molar-refractivity contribution is -0.669. The molecule has 0 amide bonds. The molecule has 0 radical (unpaired) electrons. The minimum atomic E-state index is -4.43. The number of aromatic nitrogens is 2. The van der Waals surface area contributed by atoms with Crippen molar-refractivity contribution >= 4 is 85.0 Å². The van der Waals surface area contributed by atoms with E-state index in [2.05, 4.69) is 23.6 Å². The average molecular weight is 604 g/mol. The van der Waals surface area contributed by atoms with Crippen molar-refractivity contribution in [1.82, 2.24) is 4.57 Å². The predicted molar refractivity (Wildman–Crippen MR) is 152 cm³/mol. The summed E-state index contributed by atoms with van der Waals surface area (Å²) >= 11 is 25.2. The van der Waals surface area contributed by atoms with Crippen molar-refractivity contribution in [3.05, 3.63) is 68.2 Å². The molecule has 0 bridgehead atoms. The second-order valence-corrected chi connectivity index (χ2v) is 11.6. The third kappa shape index (κ3) is 5.46. The Balaban J connectivity index is 1.83. The Labute approximate surface area is 236 Å². The van der Waals surface area contributed by atoms with Gasteiger partial charge in [-0.3, -0.25) is 0 Å². The highest BCUT2D eigenvalue weighted by molar-refractivity contribution is 7.85. The van der Waals surface area contributed by atoms with Crippen molar-refractivity contribution in [2.45, 2.75) is 33.9 Å². The highest BCUT2D eigenvalue weighted by Crippen LogP contribution is 2.45. The summed E-state index contributed by atoms with van der Waals surface area (Å²) in [5.41, 5.74) is 3.42. The zero-order chi connectivity index (χ0) is 27.1. The number of nitrogens with zero attached hydrogens (tertiary/aromatic N) is 4. The van der Waals surface area contributed by atoms with E-state index >= 15 is 0 Å². The van der Waals surface area contributed by atoms with E-state index in [1.54, 1.807) is 16.7 Å². The molecule has 0 N–H and O–H groups in total. The Hall–Kier alpha value is -1.94. The Kier molecular flexibility index (Phi) is 8.38. The number of anilines is 2. The van der Waals surface area contributed by atoms with Gasteiger partial charge in [-0.05, 0) is 39.0 Å². The lowest BCUT2D eigenvalue weighted by Gasteiger charge is -2.23. The van der Waals surface area contributed by atoms with Crippen LogP contribution in [0.5, 0.6) is 0 Å². The summed E-state index contributed by atoms with van der Waals surface area (Å²) in [5, 5.41) is 1.72. The van der Waals surface area contributed by atoms with Crippen LogP contribution in [-0.2, 0) is 23.2 Å². The highest BCUT2D eigenvalue weighted by atomic mass is 35.5. The van der Waals surface area contributed by atoms with Gasteiger partial charge in [0.25, 0.3) is 5.82 Å². The molecule has 37 heavy (non-hydrogen) atoms. The van der Waals surface area contributed by atoms with Crippen LogP contribution in [0, 0.1) is 0 Å². The third-order valence-electron chi connectivity index (χ3n) is 6.31. The Morgan fingerprint density at radius 1 is 0.865 bits per heavy atom. The Bertz CT molecular complexity index is 1490. The summed E-state index contributed by atoms with van der Waals surface area (Å²) in [5.74, 6) is 1.12. The number of fused-ring (bicyclic) bond motifs is 2. The Morgan fingerprint density at radius 3 is 1.92 bits per heavy atom. The van der Waals surface area contributed by atoms with E-state index in [1.807, 2.05) is 41.9 Å². The lowest BCUT2D eigenvalue weighted by atomic mass is 10.2. The molecule has 2 heterocycles. The summed E-state index contributed by atoms with van der Waals surface area (Å²) in [6.45, 7) is 8.10. The molecular weight excluding hydrogens is 578 g/mol. The van der Waals surface area contributed by atoms with E-state index < -0.39 is 15.9 Å². The molecule has 1 aromatic heterocycles. The van der Waals surface area contributed by atoms with Gasteiger partial charge in [0, 0.05) is 31.3 Å². The van der Waals surface area contributed by atoms with Crippen molar-refractivity contribution in [2.75, 3.05) is 28.6 Å². The molecule has 4 rings (SSSR count). The topological polar surface area (TPSA) is 72.5 Å². The fourth-order valence-corrected chi connectivity index (χ4v) is 5.75. The van der Waals surface area contributed by atoms with Gasteiger partial charge < -0.3 is 14.4 Å². The van der Waals surface area contributed by atoms with Crippen LogP contribution < -0.4 is 14.4 Å². The number of aryl methyl sites for hydroxylation is 2. The van der Waals surface area contributed by atoms with Crippen LogP contribution in [0.1, 0.15) is 26.6 Å². The number of imidazole rings is 1. The van der Waals surface area contributed by atoms with Crippen LogP contribution in [0.2, 0.25) is 20.1 Å². The van der Waals surface area contributed by atoms with Gasteiger partial charge in [0.05, 0.1) is 53.9 Å². The second-order valence-electron chi connectivity index (χ2n) is 8.40. The normalized spacial score (nSPS) is 13.9. The van der Waals surface area contributed by atoms with Gasteiger partial charge in [-0.15, -0.1) is 0 Å². The van der Waals surface area contributed by atoms with E-state index in [0.717, 1.165) is 22.7 Å². The third-order valence-corrected chi connectivity index (χ3v) is 8.44. The largest absolute Gasteiger partial charge is 0.748 e. The number of allylic oxidation sites excluding steroid dienone is 2. The Morgan fingerprint density at radius 2 is 1.41 bits per heavy atom. The van der Waals surface area contributed by atoms with Crippen LogP contribution in [0.25, 0.3) is 17.1 Å². The maximum absolute atomic E-state index is 11.5. The number of benzene rings is 2. The lowest BCUT2D eigenvalue weighted by Crippen LogP contribution is -2.39. The standard InChI is InChI=1S/C25H26Cl4N4O3S/c1-4-30-20-12-16(26)17(27)13-21(20)31(5-2)24(30)8-7-9-25-32(6-3)22-14-18(28)19(29)15-23(22)33(25)10-11-37(34,35)36/h7-9,12-15H,4-6,10-11H2,1-3H3. The van der Waals surface area contributed by atoms with Crippen molar-refractivity contribution in [3.8, 4) is 0 Å². The molecule has 1 aliphatic rings. The first-order chi connectivity index (χ1) is 17.5. The van der Waals surface area contributed by atoms with Gasteiger partial charge in [-0.2, -0.15) is 0 Å². The molecule has 1 aliphatic heterocycles. The summed E-state index contributed by atoms with van der Waals surface area (Å²) in [6, 6.07) is 7.18. The smallest absolute Gasteiger partial charge is 0.282 e. The molecule has 0 saturated carbocycles. The zero-order valence-electron chi connectivity index (χ0n) is 20.5. The van der Waals surface area contributed by atoms with E-state index in [0.29, 0.717) is 51.1 Å². The summed E-state index contributed by atoms with van der Waals surface area (Å²) in [7, 11) is -4.43. The van der Waals surface area contributed by atoms with Gasteiger partial charge in [-0.1, -0.05) is 52.5 Å². The molecule has 0 atom stereocenters. The van der Waals surface area contributed by atoms with Gasteiger partial charge in [-0.25, -0.2) is 17.6 Å². The molecule has 0 saturated heterocycles. The van der Waals surface area contributed by atoms with Gasteiger partial charge in [0.1, 0.15) is 12.4 Å². The molecule has 0 spiro atoms. The molecule has 0 fully saturated rings. The first-order valence-electron chi connectivity index (χ1n) is 11.8. The van der Waals surface area contributed by atoms with Gasteiger partial charge >= 0.3 is 0 Å². The fraction of sp³-hybridized carbons (Fsp3) is 0.320. The number of hydrogen-bond donors (Lipinski definition) is 0. The number of rotatable bonds is 8. The second kappa shape index (κ2) is 11.0. The molecule has 12 heteroatoms. The minimum absolute atomic E-state index is 0.0197. The van der Waals surface area contributed by atoms with Crippen molar-refractivity contribution in [2.24, 2.45) is 0 Å². The highest BCUT2D eigenvalue weighted by Gasteiger charge is 2.30. The van der Waals surface area contributed by atoms with Crippen molar-refractivity contribution < 1.29 is 17.5 Å². The van der Waals surface area contributed by atoms with E-state index in [9.17, 15) is 13.0 Å². The fourth-order valence-electron chi connectivity index (χ4n) is 4.72. The molecule has 0 unspecified atom stereocenters. The van der Waals surface area contributed by atoms with E-state index in [-0.39, 0.29) is 6.54 Å². The quantitative estimate of drug-likeness (QED) is 0.222. The summed E-state index contributed by atoms with van der Waals surface area (Å²) in [4.78, 5) is 4.30. The van der Waals surface area contributed by atoms with E-state index in [4.69, 9.17) is 46.4 Å². The predicted octanol–water partition coefficient (Wildman–Crippen LogP) is 6.33. The minimum Gasteiger partial charge on any atom is -0.748 e. The summed E-state index contributed by atoms with van der Waals surface area (Å²) < 4.78 is 38.1. The van der Waals surface area contributed by atoms with Crippen LogP contribution in [-0.4, -0.2) is 36.4 Å². The molecule has 7 nitrogen and oxygen atoms in total. The summed E-state index contributed by atoms with van der Waals surface area (Å²) in [6.07, 6.45) is 5.78. The SMILES string of the molecule is CCN1C(=C/C=C/c2n(CC)c3cc(Cl)c(Cl)cc3[n+]2CCS(=O)(=O)[O-])N(CC)c2cc(Cl)c(Cl)cc21. The molecule has 0 aliphatic carbocycles. The van der Waals surface area contributed by atoms with Gasteiger partial charge in [0.2, 0.25) is 0 Å². The van der Waals surface area contributed by atoms with E-state index in [1.165, 1.54) is 0 Å². The molecule has 3 aromatic rings. The van der Waals surface area contributed by atoms with Crippen LogP contribution in [0.15, 0.2) is 42.2 Å². The van der Waals surface area contributed by atoms with Crippen LogP contribution in [0.4, 0.5) is 11.4 Å². The molecule has 198 valence electrons. The maximum atomic E-state index is 11.5. The van der Waals surface area contributed by atoms with Crippen LogP contribution in [0.3, 0.4) is 0 Å². The number of halogens is 4. The zero-order valence-corrected chi connectivity index (χ0v) is 24.4. The van der Waals surface area contributed by atoms with Crippen molar-refractivity contribution in [3.63, 3.8) is 0 Å². The monoisotopic (exact) mass is 602 g/mol. The first kappa shape index (κ1) is 28.1. The maximum Gasteiger partial charge on any atom is 0.282 e. The molecule has 2 aromatic carbocycles. The first-order valence-corrected chi connectivity index (χ1v) is 14.9. The van der Waals surface area contributed by atoms with Crippen LogP contribution >= 0.6 is 46.4 Å². The van der Waals surface area contributed by atoms with Crippen molar-refractivity contribution in [1.29, 1.82) is 0 Å². The van der Waals surface area contributed by atoms with Gasteiger partial charge in [0.15, 0.2) is 11.0 Å². The average Bonchev–Trinajstić information content (AvgIpc) is 3.28. The number of hydrogen-bond acceptors (Lipinski definition) is 5. The molecular formula is C25H26Cl4N4O3S.